The summed E-state index contributed by atoms with van der Waals surface area (Å²) in [6.45, 7) is 3.97. The molecule has 36 heavy (non-hydrogen) atoms. The molecule has 0 aliphatic heterocycles. The number of aromatic amines is 1. The molecule has 3 N–H and O–H groups in total. The van der Waals surface area contributed by atoms with Crippen molar-refractivity contribution in [2.24, 2.45) is 24.8 Å². The number of para-hydroxylation sites is 1. The molecule has 1 aliphatic carbocycles. The molecule has 0 spiro atoms. The molecule has 0 radical (unpaired) electrons. The van der Waals surface area contributed by atoms with Gasteiger partial charge in [-0.3, -0.25) is 14.6 Å². The Hall–Kier alpha value is -4.33. The Morgan fingerprint density at radius 3 is 2.47 bits per heavy atom. The van der Waals surface area contributed by atoms with Crippen molar-refractivity contribution in [1.82, 2.24) is 14.1 Å². The fourth-order valence-electron chi connectivity index (χ4n) is 4.28. The van der Waals surface area contributed by atoms with Crippen LogP contribution in [-0.4, -0.2) is 26.4 Å². The first-order valence-electron chi connectivity index (χ1n) is 11.9. The minimum Gasteiger partial charge on any atom is -0.455 e. The van der Waals surface area contributed by atoms with E-state index in [1.807, 2.05) is 38.1 Å². The average molecular weight is 484 g/mol. The molecule has 5 rings (SSSR count). The summed E-state index contributed by atoms with van der Waals surface area (Å²) >= 11 is 0. The van der Waals surface area contributed by atoms with Crippen molar-refractivity contribution in [2.45, 2.75) is 32.7 Å². The zero-order valence-corrected chi connectivity index (χ0v) is 20.8. The highest BCUT2D eigenvalue weighted by Gasteiger charge is 2.21. The van der Waals surface area contributed by atoms with Gasteiger partial charge in [0.25, 0.3) is 11.1 Å². The van der Waals surface area contributed by atoms with Crippen molar-refractivity contribution < 1.29 is 4.74 Å². The monoisotopic (exact) mass is 483 g/mol. The number of allylic oxidation sites excluding steroid dienone is 1. The molecule has 1 fully saturated rings. The van der Waals surface area contributed by atoms with Crippen LogP contribution in [0.15, 0.2) is 63.5 Å². The van der Waals surface area contributed by atoms with E-state index in [1.54, 1.807) is 38.8 Å². The maximum Gasteiger partial charge on any atom is 0.274 e. The molecule has 1 aliphatic rings. The van der Waals surface area contributed by atoms with Crippen molar-refractivity contribution in [2.75, 3.05) is 0 Å². The summed E-state index contributed by atoms with van der Waals surface area (Å²) in [4.78, 5) is 33.5. The average Bonchev–Trinajstić information content (AvgIpc) is 3.57. The first-order valence-corrected chi connectivity index (χ1v) is 11.9. The van der Waals surface area contributed by atoms with E-state index < -0.39 is 0 Å². The Balaban J connectivity index is 1.72. The van der Waals surface area contributed by atoms with Crippen LogP contribution in [0.2, 0.25) is 0 Å². The van der Waals surface area contributed by atoms with Gasteiger partial charge in [-0.2, -0.15) is 0 Å². The molecule has 0 atom stereocenters. The fourth-order valence-corrected chi connectivity index (χ4v) is 4.28. The smallest absolute Gasteiger partial charge is 0.274 e. The highest BCUT2D eigenvalue weighted by Crippen LogP contribution is 2.38. The first-order chi connectivity index (χ1) is 17.3. The molecule has 1 aromatic carbocycles. The van der Waals surface area contributed by atoms with Gasteiger partial charge in [-0.05, 0) is 43.9 Å². The number of pyridine rings is 2. The second kappa shape index (κ2) is 9.03. The Labute approximate surface area is 208 Å². The van der Waals surface area contributed by atoms with Crippen LogP contribution in [-0.2, 0) is 14.1 Å². The van der Waals surface area contributed by atoms with Gasteiger partial charge in [0.05, 0.1) is 12.2 Å². The van der Waals surface area contributed by atoms with E-state index >= 15 is 0 Å². The molecule has 0 amide bonds. The van der Waals surface area contributed by atoms with Gasteiger partial charge >= 0.3 is 0 Å². The van der Waals surface area contributed by atoms with Crippen LogP contribution in [0.3, 0.4) is 0 Å². The zero-order valence-electron chi connectivity index (χ0n) is 20.8. The third-order valence-electron chi connectivity index (χ3n) is 6.53. The maximum atomic E-state index is 13.0. The first kappa shape index (κ1) is 23.4. The number of nitrogens with one attached hydrogen (secondary N) is 1. The van der Waals surface area contributed by atoms with Gasteiger partial charge in [0.15, 0.2) is 5.75 Å². The number of aryl methyl sites for hydroxylation is 4. The lowest BCUT2D eigenvalue weighted by molar-refractivity contribution is 0.470. The summed E-state index contributed by atoms with van der Waals surface area (Å²) in [5.41, 5.74) is 10.6. The SMILES string of the molecule is Cc1cccc(C)c1Oc1cn(C)c(=O)cc1-c1cn(C)c(=O)c2[nH]c(/C(C=NC3CC3)=C/N)cc12. The number of nitrogens with zero attached hydrogens (tertiary/aromatic N) is 3. The molecule has 3 aromatic heterocycles. The zero-order chi connectivity index (χ0) is 25.6. The number of benzene rings is 1. The van der Waals surface area contributed by atoms with Crippen LogP contribution in [0.5, 0.6) is 11.5 Å². The van der Waals surface area contributed by atoms with Gasteiger partial charge in [0.1, 0.15) is 11.3 Å². The predicted octanol–water partition coefficient (Wildman–Crippen LogP) is 4.17. The predicted molar refractivity (Wildman–Crippen MR) is 144 cm³/mol. The second-order valence-corrected chi connectivity index (χ2v) is 9.39. The molecule has 0 unspecified atom stereocenters. The van der Waals surface area contributed by atoms with E-state index in [2.05, 4.69) is 9.98 Å². The molecule has 8 nitrogen and oxygen atoms in total. The topological polar surface area (TPSA) is 107 Å². The van der Waals surface area contributed by atoms with Gasteiger partial charge in [-0.1, -0.05) is 18.2 Å². The Bertz CT molecular complexity index is 1640. The normalized spacial score (nSPS) is 14.2. The molecule has 184 valence electrons. The lowest BCUT2D eigenvalue weighted by atomic mass is 10.0. The Kier molecular flexibility index (Phi) is 5.88. The highest BCUT2D eigenvalue weighted by molar-refractivity contribution is 6.11. The fraction of sp³-hybridized carbons (Fsp3) is 0.250. The molecule has 4 aromatic rings. The maximum absolute atomic E-state index is 13.0. The number of rotatable bonds is 6. The molecule has 3 heterocycles. The second-order valence-electron chi connectivity index (χ2n) is 9.39. The summed E-state index contributed by atoms with van der Waals surface area (Å²) in [5, 5.41) is 0.673. The van der Waals surface area contributed by atoms with E-state index in [0.29, 0.717) is 45.1 Å². The number of hydrogen-bond acceptors (Lipinski definition) is 5. The van der Waals surface area contributed by atoms with Crippen molar-refractivity contribution in [3.05, 3.63) is 86.5 Å². The van der Waals surface area contributed by atoms with Gasteiger partial charge < -0.3 is 24.6 Å². The van der Waals surface area contributed by atoms with Crippen LogP contribution in [0.1, 0.15) is 29.7 Å². The summed E-state index contributed by atoms with van der Waals surface area (Å²) in [7, 11) is 3.37. The number of aliphatic imine (C=N–C) groups is 1. The quantitative estimate of drug-likeness (QED) is 0.401. The molecule has 1 saturated carbocycles. The summed E-state index contributed by atoms with van der Waals surface area (Å²) in [6, 6.07) is 9.71. The van der Waals surface area contributed by atoms with Gasteiger partial charge in [0, 0.05) is 66.6 Å². The van der Waals surface area contributed by atoms with E-state index in [9.17, 15) is 9.59 Å². The van der Waals surface area contributed by atoms with Crippen molar-refractivity contribution in [1.29, 1.82) is 0 Å². The van der Waals surface area contributed by atoms with Gasteiger partial charge in [0.2, 0.25) is 0 Å². The van der Waals surface area contributed by atoms with Crippen LogP contribution in [0, 0.1) is 13.8 Å². The van der Waals surface area contributed by atoms with E-state index in [0.717, 1.165) is 29.7 Å². The van der Waals surface area contributed by atoms with E-state index in [4.69, 9.17) is 10.5 Å². The number of ether oxygens (including phenoxy) is 1. The van der Waals surface area contributed by atoms with Crippen LogP contribution >= 0.6 is 0 Å². The number of fused-ring (bicyclic) bond motifs is 1. The highest BCUT2D eigenvalue weighted by atomic mass is 16.5. The minimum absolute atomic E-state index is 0.184. The third kappa shape index (κ3) is 4.26. The molecule has 0 bridgehead atoms. The van der Waals surface area contributed by atoms with Gasteiger partial charge in [-0.25, -0.2) is 0 Å². The minimum atomic E-state index is -0.185. The van der Waals surface area contributed by atoms with E-state index in [1.165, 1.54) is 15.3 Å². The number of H-pyrrole nitrogens is 1. The number of aromatic nitrogens is 3. The third-order valence-corrected chi connectivity index (χ3v) is 6.53. The standard InChI is InChI=1S/C28H29N5O3/c1-16-6-5-7-17(2)27(16)36-24-15-32(3)25(34)11-20(24)22-14-33(4)28(35)26-21(22)10-23(31-26)18(12-29)13-30-19-8-9-19/h5-7,10-15,19,31H,8-9,29H2,1-4H3/b18-12+,30-13?. The summed E-state index contributed by atoms with van der Waals surface area (Å²) in [6.07, 6.45) is 8.81. The number of hydrogen-bond donors (Lipinski definition) is 2. The molecule has 0 saturated heterocycles. The van der Waals surface area contributed by atoms with Crippen molar-refractivity contribution in [3.63, 3.8) is 0 Å². The Morgan fingerprint density at radius 1 is 1.08 bits per heavy atom. The van der Waals surface area contributed by atoms with Crippen molar-refractivity contribution in [3.8, 4) is 22.6 Å². The summed E-state index contributed by atoms with van der Waals surface area (Å²) < 4.78 is 9.40. The van der Waals surface area contributed by atoms with Crippen LogP contribution in [0.25, 0.3) is 27.6 Å². The number of nitrogens with two attached hydrogens (primary N) is 1. The van der Waals surface area contributed by atoms with Crippen LogP contribution in [0.4, 0.5) is 0 Å². The lowest BCUT2D eigenvalue weighted by Gasteiger charge is -2.17. The molecular formula is C28H29N5O3. The molecule has 8 heteroatoms. The summed E-state index contributed by atoms with van der Waals surface area (Å²) in [5.74, 6) is 1.25. The van der Waals surface area contributed by atoms with Crippen LogP contribution < -0.4 is 21.6 Å². The van der Waals surface area contributed by atoms with Crippen molar-refractivity contribution >= 4 is 22.7 Å². The van der Waals surface area contributed by atoms with E-state index in [-0.39, 0.29) is 11.1 Å². The Morgan fingerprint density at radius 2 is 1.81 bits per heavy atom. The lowest BCUT2D eigenvalue weighted by Crippen LogP contribution is -2.18. The molecular weight excluding hydrogens is 454 g/mol. The largest absolute Gasteiger partial charge is 0.455 e. The van der Waals surface area contributed by atoms with Gasteiger partial charge in [-0.15, -0.1) is 0 Å².